The first kappa shape index (κ1) is 15.1. The molecule has 9 nitrogen and oxygen atoms in total. The van der Waals surface area contributed by atoms with Crippen molar-refractivity contribution in [3.05, 3.63) is 41.7 Å². The maximum absolute atomic E-state index is 12.1. The first-order chi connectivity index (χ1) is 11.6. The van der Waals surface area contributed by atoms with Gasteiger partial charge in [0.1, 0.15) is 6.07 Å². The number of nitrogens with two attached hydrogens (primary N) is 2. The zero-order chi connectivity index (χ0) is 17.3. The lowest BCUT2D eigenvalue weighted by molar-refractivity contribution is 0.0593. The Labute approximate surface area is 136 Å². The predicted octanol–water partition coefficient (Wildman–Crippen LogP) is 1.35. The van der Waals surface area contributed by atoms with Crippen LogP contribution in [0.15, 0.2) is 34.9 Å². The molecule has 3 aromatic rings. The summed E-state index contributed by atoms with van der Waals surface area (Å²) in [5, 5.41) is 16.7. The summed E-state index contributed by atoms with van der Waals surface area (Å²) in [6, 6.07) is 8.79. The molecule has 3 rings (SSSR count). The SMILES string of the molecule is COC(=O)c1c(N)c(C#N)cn1-c1ccccc1-c1nnc(N)o1. The lowest BCUT2D eigenvalue weighted by Gasteiger charge is -2.11. The largest absolute Gasteiger partial charge is 0.464 e. The number of nitrogen functional groups attached to an aromatic ring is 2. The Morgan fingerprint density at radius 3 is 2.71 bits per heavy atom. The fraction of sp³-hybridized carbons (Fsp3) is 0.0667. The average molecular weight is 324 g/mol. The summed E-state index contributed by atoms with van der Waals surface area (Å²) in [6.07, 6.45) is 1.44. The van der Waals surface area contributed by atoms with Crippen LogP contribution in [0.25, 0.3) is 17.1 Å². The number of carbonyl (C=O) groups is 1. The van der Waals surface area contributed by atoms with Gasteiger partial charge in [-0.1, -0.05) is 17.2 Å². The summed E-state index contributed by atoms with van der Waals surface area (Å²) in [6.45, 7) is 0. The number of anilines is 2. The van der Waals surface area contributed by atoms with E-state index in [0.717, 1.165) is 0 Å². The number of carbonyl (C=O) groups excluding carboxylic acids is 1. The maximum Gasteiger partial charge on any atom is 0.357 e. The lowest BCUT2D eigenvalue weighted by Crippen LogP contribution is -2.11. The standard InChI is InChI=1S/C15H12N6O3/c1-23-14(22)12-11(17)8(6-16)7-21(12)10-5-3-2-4-9(10)13-19-20-15(18)24-13/h2-5,7H,17H2,1H3,(H2,18,20). The fourth-order valence-electron chi connectivity index (χ4n) is 2.31. The van der Waals surface area contributed by atoms with Crippen molar-refractivity contribution in [2.75, 3.05) is 18.6 Å². The van der Waals surface area contributed by atoms with Crippen LogP contribution in [0, 0.1) is 11.3 Å². The molecule has 0 aliphatic heterocycles. The summed E-state index contributed by atoms with van der Waals surface area (Å²) in [5.41, 5.74) is 12.6. The summed E-state index contributed by atoms with van der Waals surface area (Å²) in [7, 11) is 1.23. The Hall–Kier alpha value is -3.80. The number of nitriles is 1. The number of aromatic nitrogens is 3. The van der Waals surface area contributed by atoms with E-state index in [1.165, 1.54) is 17.9 Å². The van der Waals surface area contributed by atoms with E-state index in [2.05, 4.69) is 10.2 Å². The highest BCUT2D eigenvalue weighted by molar-refractivity contribution is 5.96. The highest BCUT2D eigenvalue weighted by atomic mass is 16.5. The van der Waals surface area contributed by atoms with Crippen molar-refractivity contribution in [1.82, 2.24) is 14.8 Å². The molecule has 120 valence electrons. The molecule has 2 heterocycles. The Balaban J connectivity index is 2.28. The Bertz CT molecular complexity index is 966. The second-order valence-corrected chi connectivity index (χ2v) is 4.74. The Kier molecular flexibility index (Phi) is 3.63. The quantitative estimate of drug-likeness (QED) is 0.686. The molecule has 0 amide bonds. The Morgan fingerprint density at radius 2 is 2.08 bits per heavy atom. The van der Waals surface area contributed by atoms with Gasteiger partial charge in [0.2, 0.25) is 0 Å². The van der Waals surface area contributed by atoms with Gasteiger partial charge >= 0.3 is 12.0 Å². The molecule has 4 N–H and O–H groups in total. The number of hydrogen-bond donors (Lipinski definition) is 2. The van der Waals surface area contributed by atoms with Gasteiger partial charge in [0, 0.05) is 6.20 Å². The van der Waals surface area contributed by atoms with Crippen molar-refractivity contribution in [3.63, 3.8) is 0 Å². The van der Waals surface area contributed by atoms with E-state index in [1.807, 2.05) is 6.07 Å². The summed E-state index contributed by atoms with van der Waals surface area (Å²) >= 11 is 0. The van der Waals surface area contributed by atoms with Crippen molar-refractivity contribution < 1.29 is 13.9 Å². The monoisotopic (exact) mass is 324 g/mol. The van der Waals surface area contributed by atoms with Gasteiger partial charge in [0.05, 0.1) is 29.6 Å². The van der Waals surface area contributed by atoms with Gasteiger partial charge in [-0.15, -0.1) is 5.10 Å². The molecule has 0 fully saturated rings. The second-order valence-electron chi connectivity index (χ2n) is 4.74. The number of hydrogen-bond acceptors (Lipinski definition) is 8. The molecule has 0 atom stereocenters. The molecular weight excluding hydrogens is 312 g/mol. The number of ether oxygens (including phenoxy) is 1. The van der Waals surface area contributed by atoms with E-state index in [9.17, 15) is 10.1 Å². The number of rotatable bonds is 3. The molecular formula is C15H12N6O3. The minimum atomic E-state index is -0.672. The van der Waals surface area contributed by atoms with Crippen molar-refractivity contribution in [2.24, 2.45) is 0 Å². The zero-order valence-corrected chi connectivity index (χ0v) is 12.6. The third-order valence-corrected chi connectivity index (χ3v) is 3.38. The van der Waals surface area contributed by atoms with Crippen LogP contribution in [0.1, 0.15) is 16.1 Å². The van der Waals surface area contributed by atoms with Gasteiger partial charge < -0.3 is 25.2 Å². The van der Waals surface area contributed by atoms with Gasteiger partial charge in [0.15, 0.2) is 5.69 Å². The van der Waals surface area contributed by atoms with Gasteiger partial charge in [-0.05, 0) is 12.1 Å². The molecule has 0 radical (unpaired) electrons. The van der Waals surface area contributed by atoms with E-state index in [-0.39, 0.29) is 28.9 Å². The van der Waals surface area contributed by atoms with Gasteiger partial charge in [-0.2, -0.15) is 5.26 Å². The minimum Gasteiger partial charge on any atom is -0.464 e. The van der Waals surface area contributed by atoms with Crippen LogP contribution in [-0.4, -0.2) is 27.8 Å². The van der Waals surface area contributed by atoms with Crippen LogP contribution >= 0.6 is 0 Å². The van der Waals surface area contributed by atoms with Crippen molar-refractivity contribution in [1.29, 1.82) is 5.26 Å². The van der Waals surface area contributed by atoms with Gasteiger partial charge in [-0.3, -0.25) is 0 Å². The summed E-state index contributed by atoms with van der Waals surface area (Å²) in [4.78, 5) is 12.1. The molecule has 2 aromatic heterocycles. The zero-order valence-electron chi connectivity index (χ0n) is 12.6. The minimum absolute atomic E-state index is 0.0317. The maximum atomic E-state index is 12.1. The fourth-order valence-corrected chi connectivity index (χ4v) is 2.31. The summed E-state index contributed by atoms with van der Waals surface area (Å²) < 4.78 is 11.5. The van der Waals surface area contributed by atoms with Crippen LogP contribution in [0.4, 0.5) is 11.7 Å². The van der Waals surface area contributed by atoms with E-state index in [1.54, 1.807) is 24.3 Å². The van der Waals surface area contributed by atoms with Crippen molar-refractivity contribution in [3.8, 4) is 23.2 Å². The first-order valence-electron chi connectivity index (χ1n) is 6.74. The molecule has 24 heavy (non-hydrogen) atoms. The second kappa shape index (κ2) is 5.77. The van der Waals surface area contributed by atoms with Gasteiger partial charge in [-0.25, -0.2) is 4.79 Å². The Morgan fingerprint density at radius 1 is 1.33 bits per heavy atom. The van der Waals surface area contributed by atoms with Crippen LogP contribution in [0.3, 0.4) is 0 Å². The molecule has 0 spiro atoms. The summed E-state index contributed by atoms with van der Waals surface area (Å²) in [5.74, 6) is -0.501. The molecule has 9 heteroatoms. The highest BCUT2D eigenvalue weighted by Gasteiger charge is 2.24. The van der Waals surface area contributed by atoms with Crippen LogP contribution < -0.4 is 11.5 Å². The van der Waals surface area contributed by atoms with E-state index in [4.69, 9.17) is 20.6 Å². The number of methoxy groups -OCH3 is 1. The third kappa shape index (κ3) is 2.32. The molecule has 0 saturated heterocycles. The van der Waals surface area contributed by atoms with E-state index >= 15 is 0 Å². The highest BCUT2D eigenvalue weighted by Crippen LogP contribution is 2.31. The van der Waals surface area contributed by atoms with E-state index in [0.29, 0.717) is 11.3 Å². The number of esters is 1. The van der Waals surface area contributed by atoms with Crippen molar-refractivity contribution >= 4 is 17.7 Å². The predicted molar refractivity (Wildman–Crippen MR) is 83.9 cm³/mol. The van der Waals surface area contributed by atoms with Crippen LogP contribution in [0.2, 0.25) is 0 Å². The lowest BCUT2D eigenvalue weighted by atomic mass is 10.1. The number of para-hydroxylation sites is 1. The topological polar surface area (TPSA) is 146 Å². The third-order valence-electron chi connectivity index (χ3n) is 3.38. The molecule has 0 aliphatic carbocycles. The molecule has 0 saturated carbocycles. The first-order valence-corrected chi connectivity index (χ1v) is 6.74. The molecule has 0 aliphatic rings. The smallest absolute Gasteiger partial charge is 0.357 e. The number of benzene rings is 1. The normalized spacial score (nSPS) is 10.3. The van der Waals surface area contributed by atoms with E-state index < -0.39 is 5.97 Å². The van der Waals surface area contributed by atoms with Crippen molar-refractivity contribution in [2.45, 2.75) is 0 Å². The number of nitrogens with zero attached hydrogens (tertiary/aromatic N) is 4. The molecule has 0 bridgehead atoms. The van der Waals surface area contributed by atoms with Gasteiger partial charge in [0.25, 0.3) is 5.89 Å². The average Bonchev–Trinajstić information content (AvgIpc) is 3.17. The van der Waals surface area contributed by atoms with Crippen LogP contribution in [-0.2, 0) is 4.74 Å². The molecule has 0 unspecified atom stereocenters. The van der Waals surface area contributed by atoms with Crippen LogP contribution in [0.5, 0.6) is 0 Å². The molecule has 1 aromatic carbocycles.